The standard InChI is InChI=1S/C12H18N4OS/c13-10-2-1-9(7-11(10)14)18-8-12(17)16-5-3-15-4-6-16/h1-2,7,15H,3-6,8,13-14H2. The molecule has 1 saturated heterocycles. The van der Waals surface area contributed by atoms with E-state index in [2.05, 4.69) is 5.32 Å². The van der Waals surface area contributed by atoms with Crippen molar-refractivity contribution < 1.29 is 4.79 Å². The summed E-state index contributed by atoms with van der Waals surface area (Å²) in [5, 5.41) is 3.23. The zero-order valence-corrected chi connectivity index (χ0v) is 11.0. The normalized spacial score (nSPS) is 15.7. The number of hydrogen-bond donors (Lipinski definition) is 3. The molecule has 5 N–H and O–H groups in total. The fourth-order valence-corrected chi connectivity index (χ4v) is 2.64. The lowest BCUT2D eigenvalue weighted by Gasteiger charge is -2.27. The largest absolute Gasteiger partial charge is 0.397 e. The van der Waals surface area contributed by atoms with Crippen molar-refractivity contribution in [2.75, 3.05) is 43.4 Å². The van der Waals surface area contributed by atoms with Crippen LogP contribution in [0.1, 0.15) is 0 Å². The first kappa shape index (κ1) is 13.0. The average molecular weight is 266 g/mol. The molecular formula is C12H18N4OS. The Kier molecular flexibility index (Phi) is 4.33. The molecule has 0 saturated carbocycles. The third-order valence-corrected chi connectivity index (χ3v) is 3.87. The number of nitrogens with two attached hydrogens (primary N) is 2. The highest BCUT2D eigenvalue weighted by molar-refractivity contribution is 8.00. The number of thioether (sulfide) groups is 1. The Morgan fingerprint density at radius 3 is 2.67 bits per heavy atom. The van der Waals surface area contributed by atoms with E-state index in [9.17, 15) is 4.79 Å². The van der Waals surface area contributed by atoms with E-state index in [1.54, 1.807) is 6.07 Å². The second-order valence-electron chi connectivity index (χ2n) is 4.21. The lowest BCUT2D eigenvalue weighted by molar-refractivity contribution is -0.128. The molecule has 0 bridgehead atoms. The van der Waals surface area contributed by atoms with E-state index in [1.807, 2.05) is 17.0 Å². The smallest absolute Gasteiger partial charge is 0.233 e. The van der Waals surface area contributed by atoms with Crippen molar-refractivity contribution in [1.82, 2.24) is 10.2 Å². The zero-order chi connectivity index (χ0) is 13.0. The number of hydrogen-bond acceptors (Lipinski definition) is 5. The third kappa shape index (κ3) is 3.30. The number of nitrogens with one attached hydrogen (secondary N) is 1. The van der Waals surface area contributed by atoms with E-state index in [-0.39, 0.29) is 5.91 Å². The molecule has 0 spiro atoms. The Labute approximate surface area is 111 Å². The summed E-state index contributed by atoms with van der Waals surface area (Å²) in [5.41, 5.74) is 12.5. The predicted octanol–water partition coefficient (Wildman–Crippen LogP) is 0.375. The summed E-state index contributed by atoms with van der Waals surface area (Å²) in [5.74, 6) is 0.625. The van der Waals surface area contributed by atoms with Crippen LogP contribution in [0.5, 0.6) is 0 Å². The molecule has 1 aliphatic heterocycles. The number of piperazine rings is 1. The highest BCUT2D eigenvalue weighted by Crippen LogP contribution is 2.24. The fourth-order valence-electron chi connectivity index (χ4n) is 1.79. The third-order valence-electron chi connectivity index (χ3n) is 2.89. The van der Waals surface area contributed by atoms with Gasteiger partial charge in [-0.05, 0) is 18.2 Å². The van der Waals surface area contributed by atoms with E-state index < -0.39 is 0 Å². The van der Waals surface area contributed by atoms with E-state index in [1.165, 1.54) is 11.8 Å². The highest BCUT2D eigenvalue weighted by atomic mass is 32.2. The van der Waals surface area contributed by atoms with Gasteiger partial charge >= 0.3 is 0 Å². The molecular weight excluding hydrogens is 248 g/mol. The lowest BCUT2D eigenvalue weighted by atomic mass is 10.3. The monoisotopic (exact) mass is 266 g/mol. The van der Waals surface area contributed by atoms with E-state index in [4.69, 9.17) is 11.5 Å². The van der Waals surface area contributed by atoms with Gasteiger partial charge in [0.1, 0.15) is 0 Å². The zero-order valence-electron chi connectivity index (χ0n) is 10.2. The van der Waals surface area contributed by atoms with Crippen LogP contribution in [0.3, 0.4) is 0 Å². The second-order valence-corrected chi connectivity index (χ2v) is 5.26. The molecule has 1 aliphatic rings. The minimum atomic E-state index is 0.178. The minimum Gasteiger partial charge on any atom is -0.397 e. The Bertz CT molecular complexity index is 432. The maximum atomic E-state index is 11.9. The summed E-state index contributed by atoms with van der Waals surface area (Å²) in [6.07, 6.45) is 0. The summed E-state index contributed by atoms with van der Waals surface area (Å²) in [6, 6.07) is 5.47. The van der Waals surface area contributed by atoms with Crippen LogP contribution in [0, 0.1) is 0 Å². The molecule has 1 fully saturated rings. The molecule has 0 aliphatic carbocycles. The van der Waals surface area contributed by atoms with Crippen LogP contribution in [0.25, 0.3) is 0 Å². The molecule has 6 heteroatoms. The number of anilines is 2. The van der Waals surface area contributed by atoms with Gasteiger partial charge in [0.05, 0.1) is 17.1 Å². The van der Waals surface area contributed by atoms with Gasteiger partial charge in [-0.2, -0.15) is 0 Å². The summed E-state index contributed by atoms with van der Waals surface area (Å²) in [7, 11) is 0. The van der Waals surface area contributed by atoms with Crippen molar-refractivity contribution in [3.05, 3.63) is 18.2 Å². The number of benzene rings is 1. The van der Waals surface area contributed by atoms with Crippen LogP contribution in [-0.4, -0.2) is 42.7 Å². The molecule has 5 nitrogen and oxygen atoms in total. The van der Waals surface area contributed by atoms with Crippen molar-refractivity contribution in [1.29, 1.82) is 0 Å². The first-order chi connectivity index (χ1) is 8.66. The van der Waals surface area contributed by atoms with E-state index in [0.29, 0.717) is 17.1 Å². The number of carbonyl (C=O) groups excluding carboxylic acids is 1. The SMILES string of the molecule is Nc1ccc(SCC(=O)N2CCNCC2)cc1N. The molecule has 0 radical (unpaired) electrons. The first-order valence-corrected chi connectivity index (χ1v) is 6.91. The highest BCUT2D eigenvalue weighted by Gasteiger charge is 2.16. The lowest BCUT2D eigenvalue weighted by Crippen LogP contribution is -2.47. The van der Waals surface area contributed by atoms with Crippen molar-refractivity contribution in [3.63, 3.8) is 0 Å². The van der Waals surface area contributed by atoms with Crippen molar-refractivity contribution >= 4 is 29.0 Å². The van der Waals surface area contributed by atoms with Crippen molar-refractivity contribution in [2.45, 2.75) is 4.90 Å². The maximum Gasteiger partial charge on any atom is 0.233 e. The van der Waals surface area contributed by atoms with Crippen LogP contribution in [0.4, 0.5) is 11.4 Å². The van der Waals surface area contributed by atoms with Crippen LogP contribution in [0.15, 0.2) is 23.1 Å². The quantitative estimate of drug-likeness (QED) is 0.544. The fraction of sp³-hybridized carbons (Fsp3) is 0.417. The Balaban J connectivity index is 1.86. The Morgan fingerprint density at radius 2 is 2.00 bits per heavy atom. The van der Waals surface area contributed by atoms with Crippen LogP contribution >= 0.6 is 11.8 Å². The number of nitrogen functional groups attached to an aromatic ring is 2. The number of nitrogens with zero attached hydrogens (tertiary/aromatic N) is 1. The molecule has 2 rings (SSSR count). The van der Waals surface area contributed by atoms with Gasteiger partial charge in [0.15, 0.2) is 0 Å². The Morgan fingerprint density at radius 1 is 1.28 bits per heavy atom. The van der Waals surface area contributed by atoms with Gasteiger partial charge in [0.25, 0.3) is 0 Å². The predicted molar refractivity (Wildman–Crippen MR) is 75.4 cm³/mol. The number of rotatable bonds is 3. The minimum absolute atomic E-state index is 0.178. The van der Waals surface area contributed by atoms with Gasteiger partial charge in [-0.15, -0.1) is 11.8 Å². The summed E-state index contributed by atoms with van der Waals surface area (Å²) >= 11 is 1.50. The second kappa shape index (κ2) is 5.97. The van der Waals surface area contributed by atoms with E-state index >= 15 is 0 Å². The number of amides is 1. The Hall–Kier alpha value is -1.40. The van der Waals surface area contributed by atoms with Crippen molar-refractivity contribution in [3.8, 4) is 0 Å². The molecule has 98 valence electrons. The summed E-state index contributed by atoms with van der Waals surface area (Å²) < 4.78 is 0. The van der Waals surface area contributed by atoms with Gasteiger partial charge in [0, 0.05) is 31.1 Å². The van der Waals surface area contributed by atoms with Crippen LogP contribution in [-0.2, 0) is 4.79 Å². The molecule has 0 atom stereocenters. The average Bonchev–Trinajstić information content (AvgIpc) is 2.41. The first-order valence-electron chi connectivity index (χ1n) is 5.93. The maximum absolute atomic E-state index is 11.9. The van der Waals surface area contributed by atoms with Gasteiger partial charge in [-0.1, -0.05) is 0 Å². The van der Waals surface area contributed by atoms with E-state index in [0.717, 1.165) is 31.1 Å². The number of carbonyl (C=O) groups is 1. The molecule has 0 unspecified atom stereocenters. The topological polar surface area (TPSA) is 84.4 Å². The molecule has 1 aromatic carbocycles. The molecule has 0 aromatic heterocycles. The molecule has 1 aromatic rings. The summed E-state index contributed by atoms with van der Waals surface area (Å²) in [6.45, 7) is 3.35. The molecule has 1 amide bonds. The van der Waals surface area contributed by atoms with Gasteiger partial charge in [-0.3, -0.25) is 4.79 Å². The van der Waals surface area contributed by atoms with Gasteiger partial charge in [-0.25, -0.2) is 0 Å². The van der Waals surface area contributed by atoms with Crippen LogP contribution in [0.2, 0.25) is 0 Å². The van der Waals surface area contributed by atoms with Gasteiger partial charge < -0.3 is 21.7 Å². The van der Waals surface area contributed by atoms with Gasteiger partial charge in [0.2, 0.25) is 5.91 Å². The summed E-state index contributed by atoms with van der Waals surface area (Å²) in [4.78, 5) is 14.8. The van der Waals surface area contributed by atoms with Crippen molar-refractivity contribution in [2.24, 2.45) is 0 Å². The molecule has 1 heterocycles. The van der Waals surface area contributed by atoms with Crippen LogP contribution < -0.4 is 16.8 Å². The molecule has 18 heavy (non-hydrogen) atoms.